The van der Waals surface area contributed by atoms with Gasteiger partial charge in [0.15, 0.2) is 6.10 Å². The number of carbonyl (C=O) groups excluding carboxylic acids is 2. The van der Waals surface area contributed by atoms with Crippen LogP contribution in [0, 0.1) is 0 Å². The number of rotatable bonds is 8. The molecule has 0 aliphatic heterocycles. The van der Waals surface area contributed by atoms with Crippen molar-refractivity contribution in [1.29, 1.82) is 0 Å². The van der Waals surface area contributed by atoms with Gasteiger partial charge in [0.25, 0.3) is 5.91 Å². The number of amides is 2. The molecule has 1 unspecified atom stereocenters. The maximum absolute atomic E-state index is 12.4. The molecule has 0 heterocycles. The molecular formula is C20H23ClN2O4. The fourth-order valence-electron chi connectivity index (χ4n) is 2.30. The lowest BCUT2D eigenvalue weighted by Crippen LogP contribution is -2.30. The van der Waals surface area contributed by atoms with Crippen LogP contribution >= 0.6 is 11.6 Å². The molecule has 0 spiro atoms. The van der Waals surface area contributed by atoms with Gasteiger partial charge in [-0.15, -0.1) is 0 Å². The Morgan fingerprint density at radius 2 is 1.74 bits per heavy atom. The fourth-order valence-corrected chi connectivity index (χ4v) is 2.46. The number of anilines is 2. The largest absolute Gasteiger partial charge is 0.497 e. The number of hydrogen-bond acceptors (Lipinski definition) is 4. The molecule has 0 saturated carbocycles. The van der Waals surface area contributed by atoms with E-state index in [0.717, 1.165) is 6.42 Å². The number of hydrogen-bond donors (Lipinski definition) is 2. The summed E-state index contributed by atoms with van der Waals surface area (Å²) in [4.78, 5) is 24.1. The van der Waals surface area contributed by atoms with Crippen molar-refractivity contribution in [2.24, 2.45) is 0 Å². The van der Waals surface area contributed by atoms with Crippen LogP contribution in [0.5, 0.6) is 11.5 Å². The Kier molecular flexibility index (Phi) is 7.49. The van der Waals surface area contributed by atoms with E-state index in [2.05, 4.69) is 10.6 Å². The molecule has 2 rings (SSSR count). The Morgan fingerprint density at radius 1 is 1.07 bits per heavy atom. The highest BCUT2D eigenvalue weighted by Crippen LogP contribution is 2.26. The average Bonchev–Trinajstić information content (AvgIpc) is 2.65. The summed E-state index contributed by atoms with van der Waals surface area (Å²) in [6.45, 7) is 3.57. The van der Waals surface area contributed by atoms with Crippen LogP contribution in [-0.2, 0) is 9.59 Å². The number of benzene rings is 2. The molecule has 0 bridgehead atoms. The first kappa shape index (κ1) is 20.6. The summed E-state index contributed by atoms with van der Waals surface area (Å²) < 4.78 is 10.7. The molecule has 0 fully saturated rings. The van der Waals surface area contributed by atoms with Gasteiger partial charge in [-0.05, 0) is 55.8 Å². The summed E-state index contributed by atoms with van der Waals surface area (Å²) in [5.41, 5.74) is 0.970. The van der Waals surface area contributed by atoms with Gasteiger partial charge in [-0.1, -0.05) is 18.5 Å². The second kappa shape index (κ2) is 9.83. The zero-order chi connectivity index (χ0) is 19.8. The van der Waals surface area contributed by atoms with E-state index < -0.39 is 6.10 Å². The van der Waals surface area contributed by atoms with E-state index in [1.807, 2.05) is 6.92 Å². The van der Waals surface area contributed by atoms with Gasteiger partial charge < -0.3 is 20.1 Å². The first-order chi connectivity index (χ1) is 12.9. The van der Waals surface area contributed by atoms with Crippen LogP contribution in [0.25, 0.3) is 0 Å². The van der Waals surface area contributed by atoms with E-state index in [0.29, 0.717) is 34.3 Å². The van der Waals surface area contributed by atoms with Gasteiger partial charge in [-0.3, -0.25) is 9.59 Å². The lowest BCUT2D eigenvalue weighted by atomic mass is 10.2. The van der Waals surface area contributed by atoms with Gasteiger partial charge in [0.2, 0.25) is 5.91 Å². The average molecular weight is 391 g/mol. The number of nitrogens with one attached hydrogen (secondary N) is 2. The van der Waals surface area contributed by atoms with E-state index >= 15 is 0 Å². The summed E-state index contributed by atoms with van der Waals surface area (Å²) in [6.07, 6.45) is 0.438. The minimum absolute atomic E-state index is 0.0895. The molecule has 7 heteroatoms. The monoisotopic (exact) mass is 390 g/mol. The molecule has 6 nitrogen and oxygen atoms in total. The van der Waals surface area contributed by atoms with Gasteiger partial charge in [0, 0.05) is 12.1 Å². The lowest BCUT2D eigenvalue weighted by Gasteiger charge is -2.16. The van der Waals surface area contributed by atoms with Crippen molar-refractivity contribution in [2.45, 2.75) is 32.8 Å². The number of ether oxygens (including phenoxy) is 2. The summed E-state index contributed by atoms with van der Waals surface area (Å²) >= 11 is 6.15. The second-order valence-corrected chi connectivity index (χ2v) is 6.32. The molecule has 2 aromatic rings. The second-order valence-electron chi connectivity index (χ2n) is 5.92. The van der Waals surface area contributed by atoms with Crippen LogP contribution in [0.3, 0.4) is 0 Å². The molecule has 1 atom stereocenters. The van der Waals surface area contributed by atoms with Crippen molar-refractivity contribution in [2.75, 3.05) is 17.7 Å². The van der Waals surface area contributed by atoms with Gasteiger partial charge in [-0.25, -0.2) is 0 Å². The van der Waals surface area contributed by atoms with Crippen molar-refractivity contribution in [3.8, 4) is 11.5 Å². The molecule has 2 amide bonds. The quantitative estimate of drug-likeness (QED) is 0.696. The molecule has 0 aliphatic carbocycles. The minimum Gasteiger partial charge on any atom is -0.497 e. The SMILES string of the molecule is CCCC(=O)Nc1ccc(Cl)c(NC(=O)C(C)Oc2ccc(OC)cc2)c1. The van der Waals surface area contributed by atoms with Gasteiger partial charge in [0.05, 0.1) is 17.8 Å². The molecule has 2 aromatic carbocycles. The van der Waals surface area contributed by atoms with Gasteiger partial charge >= 0.3 is 0 Å². The summed E-state index contributed by atoms with van der Waals surface area (Å²) in [7, 11) is 1.58. The topological polar surface area (TPSA) is 76.7 Å². The Balaban J connectivity index is 2.01. The lowest BCUT2D eigenvalue weighted by molar-refractivity contribution is -0.122. The third-order valence-electron chi connectivity index (χ3n) is 3.73. The van der Waals surface area contributed by atoms with Crippen LogP contribution in [0.15, 0.2) is 42.5 Å². The third-order valence-corrected chi connectivity index (χ3v) is 4.06. The highest BCUT2D eigenvalue weighted by atomic mass is 35.5. The maximum Gasteiger partial charge on any atom is 0.265 e. The van der Waals surface area contributed by atoms with E-state index in [9.17, 15) is 9.59 Å². The Bertz CT molecular complexity index is 793. The first-order valence-corrected chi connectivity index (χ1v) is 9.01. The minimum atomic E-state index is -0.743. The standard InChI is InChI=1S/C20H23ClN2O4/c1-4-5-19(24)22-14-6-11-17(21)18(12-14)23-20(25)13(2)27-16-9-7-15(26-3)8-10-16/h6-13H,4-5H2,1-3H3,(H,22,24)(H,23,25). The highest BCUT2D eigenvalue weighted by Gasteiger charge is 2.17. The van der Waals surface area contributed by atoms with Crippen LogP contribution in [0.1, 0.15) is 26.7 Å². The molecule has 0 aliphatic rings. The fraction of sp³-hybridized carbons (Fsp3) is 0.300. The van der Waals surface area contributed by atoms with Crippen LogP contribution in [-0.4, -0.2) is 25.0 Å². The summed E-state index contributed by atoms with van der Waals surface area (Å²) in [5.74, 6) is 0.802. The zero-order valence-corrected chi connectivity index (χ0v) is 16.3. The van der Waals surface area contributed by atoms with Crippen LogP contribution < -0.4 is 20.1 Å². The number of halogens is 1. The smallest absolute Gasteiger partial charge is 0.265 e. The molecule has 0 aromatic heterocycles. The van der Waals surface area contributed by atoms with Crippen molar-refractivity contribution in [3.05, 3.63) is 47.5 Å². The first-order valence-electron chi connectivity index (χ1n) is 8.64. The number of methoxy groups -OCH3 is 1. The molecule has 27 heavy (non-hydrogen) atoms. The highest BCUT2D eigenvalue weighted by molar-refractivity contribution is 6.34. The van der Waals surface area contributed by atoms with Crippen molar-refractivity contribution < 1.29 is 19.1 Å². The third kappa shape index (κ3) is 6.18. The number of carbonyl (C=O) groups is 2. The summed E-state index contributed by atoms with van der Waals surface area (Å²) in [5, 5.41) is 5.87. The predicted molar refractivity (Wildman–Crippen MR) is 107 cm³/mol. The molecular weight excluding hydrogens is 368 g/mol. The van der Waals surface area contributed by atoms with Crippen LogP contribution in [0.2, 0.25) is 5.02 Å². The Morgan fingerprint density at radius 3 is 2.37 bits per heavy atom. The van der Waals surface area contributed by atoms with E-state index in [4.69, 9.17) is 21.1 Å². The molecule has 0 saturated heterocycles. The van der Waals surface area contributed by atoms with Crippen molar-refractivity contribution in [3.63, 3.8) is 0 Å². The van der Waals surface area contributed by atoms with E-state index in [-0.39, 0.29) is 11.8 Å². The summed E-state index contributed by atoms with van der Waals surface area (Å²) in [6, 6.07) is 11.9. The van der Waals surface area contributed by atoms with E-state index in [1.54, 1.807) is 56.5 Å². The predicted octanol–water partition coefficient (Wildman–Crippen LogP) is 4.49. The molecule has 0 radical (unpaired) electrons. The van der Waals surface area contributed by atoms with Gasteiger partial charge in [0.1, 0.15) is 11.5 Å². The van der Waals surface area contributed by atoms with Gasteiger partial charge in [-0.2, -0.15) is 0 Å². The maximum atomic E-state index is 12.4. The Labute approximate surface area is 163 Å². The molecule has 2 N–H and O–H groups in total. The normalized spacial score (nSPS) is 11.4. The Hall–Kier alpha value is -2.73. The molecule has 144 valence electrons. The van der Waals surface area contributed by atoms with E-state index in [1.165, 1.54) is 0 Å². The van der Waals surface area contributed by atoms with Crippen molar-refractivity contribution >= 4 is 34.8 Å². The zero-order valence-electron chi connectivity index (χ0n) is 15.5. The van der Waals surface area contributed by atoms with Crippen LogP contribution in [0.4, 0.5) is 11.4 Å². The van der Waals surface area contributed by atoms with Crippen molar-refractivity contribution in [1.82, 2.24) is 0 Å².